The van der Waals surface area contributed by atoms with E-state index in [2.05, 4.69) is 15.5 Å². The van der Waals surface area contributed by atoms with Gasteiger partial charge in [-0.15, -0.1) is 11.3 Å². The van der Waals surface area contributed by atoms with Crippen LogP contribution in [-0.4, -0.2) is 22.0 Å². The van der Waals surface area contributed by atoms with Crippen molar-refractivity contribution < 1.29 is 18.8 Å². The summed E-state index contributed by atoms with van der Waals surface area (Å²) in [5.74, 6) is -0.225. The number of benzene rings is 2. The largest absolute Gasteiger partial charge is 0.452 e. The van der Waals surface area contributed by atoms with E-state index in [0.29, 0.717) is 11.5 Å². The summed E-state index contributed by atoms with van der Waals surface area (Å²) in [5.41, 5.74) is 0.646. The van der Waals surface area contributed by atoms with Gasteiger partial charge in [-0.05, 0) is 34.4 Å². The first-order valence-electron chi connectivity index (χ1n) is 8.44. The normalized spacial score (nSPS) is 10.8. The van der Waals surface area contributed by atoms with Gasteiger partial charge in [0.2, 0.25) is 11.7 Å². The van der Waals surface area contributed by atoms with Crippen molar-refractivity contribution in [2.45, 2.75) is 13.5 Å². The number of nitrogens with one attached hydrogen (secondary N) is 1. The number of fused-ring (bicyclic) bond motifs is 1. The molecule has 2 heterocycles. The minimum Gasteiger partial charge on any atom is -0.452 e. The number of ether oxygens (including phenoxy) is 1. The molecule has 0 saturated heterocycles. The summed E-state index contributed by atoms with van der Waals surface area (Å²) < 4.78 is 10.5. The van der Waals surface area contributed by atoms with E-state index in [1.165, 1.54) is 18.3 Å². The lowest BCUT2D eigenvalue weighted by atomic mass is 10.0. The molecule has 4 rings (SSSR count). The van der Waals surface area contributed by atoms with Crippen LogP contribution in [0.4, 0.5) is 5.69 Å². The number of anilines is 1. The number of aromatic nitrogens is 2. The zero-order chi connectivity index (χ0) is 19.5. The van der Waals surface area contributed by atoms with Crippen LogP contribution in [0.1, 0.15) is 23.2 Å². The summed E-state index contributed by atoms with van der Waals surface area (Å²) >= 11 is 1.49. The maximum absolute atomic E-state index is 12.6. The molecule has 7 nitrogen and oxygen atoms in total. The maximum Gasteiger partial charge on any atom is 0.340 e. The Labute approximate surface area is 163 Å². The van der Waals surface area contributed by atoms with Crippen LogP contribution in [0.5, 0.6) is 0 Å². The molecule has 140 valence electrons. The van der Waals surface area contributed by atoms with E-state index >= 15 is 0 Å². The van der Waals surface area contributed by atoms with Crippen molar-refractivity contribution in [3.8, 4) is 10.7 Å². The van der Waals surface area contributed by atoms with Gasteiger partial charge in [0.05, 0.1) is 16.1 Å². The minimum atomic E-state index is -0.592. The summed E-state index contributed by atoms with van der Waals surface area (Å²) in [7, 11) is 0. The fourth-order valence-corrected chi connectivity index (χ4v) is 3.38. The number of carbonyl (C=O) groups excluding carboxylic acids is 2. The summed E-state index contributed by atoms with van der Waals surface area (Å²) in [6, 6.07) is 14.7. The molecule has 0 aliphatic carbocycles. The molecular formula is C20H15N3O4S. The van der Waals surface area contributed by atoms with Crippen LogP contribution in [0.15, 0.2) is 58.4 Å². The lowest BCUT2D eigenvalue weighted by Crippen LogP contribution is -2.13. The van der Waals surface area contributed by atoms with Crippen LogP contribution in [-0.2, 0) is 16.1 Å². The Balaban J connectivity index is 1.55. The molecule has 0 fully saturated rings. The third-order valence-electron chi connectivity index (χ3n) is 3.95. The molecular weight excluding hydrogens is 378 g/mol. The van der Waals surface area contributed by atoms with Gasteiger partial charge in [0.25, 0.3) is 5.89 Å². The number of esters is 1. The first kappa shape index (κ1) is 17.9. The number of nitrogens with zero attached hydrogens (tertiary/aromatic N) is 2. The Morgan fingerprint density at radius 3 is 2.64 bits per heavy atom. The predicted molar refractivity (Wildman–Crippen MR) is 105 cm³/mol. The van der Waals surface area contributed by atoms with E-state index in [9.17, 15) is 9.59 Å². The number of rotatable bonds is 5. The third kappa shape index (κ3) is 3.77. The van der Waals surface area contributed by atoms with E-state index in [0.717, 1.165) is 15.6 Å². The predicted octanol–water partition coefficient (Wildman–Crippen LogP) is 4.27. The minimum absolute atomic E-state index is 0.163. The Kier molecular flexibility index (Phi) is 4.86. The molecule has 1 N–H and O–H groups in total. The monoisotopic (exact) mass is 393 g/mol. The molecule has 0 bridgehead atoms. The average Bonchev–Trinajstić information content (AvgIpc) is 3.36. The van der Waals surface area contributed by atoms with E-state index in [4.69, 9.17) is 9.26 Å². The van der Waals surface area contributed by atoms with Gasteiger partial charge in [0.1, 0.15) is 0 Å². The fourth-order valence-electron chi connectivity index (χ4n) is 2.73. The quantitative estimate of drug-likeness (QED) is 0.509. The number of hydrogen-bond donors (Lipinski definition) is 1. The number of amides is 1. The van der Waals surface area contributed by atoms with Gasteiger partial charge in [-0.2, -0.15) is 4.98 Å². The molecule has 0 atom stereocenters. The molecule has 28 heavy (non-hydrogen) atoms. The van der Waals surface area contributed by atoms with Crippen LogP contribution in [0.3, 0.4) is 0 Å². The highest BCUT2D eigenvalue weighted by molar-refractivity contribution is 7.13. The smallest absolute Gasteiger partial charge is 0.340 e. The first-order chi connectivity index (χ1) is 13.6. The van der Waals surface area contributed by atoms with Gasteiger partial charge in [0, 0.05) is 6.92 Å². The highest BCUT2D eigenvalue weighted by atomic mass is 32.1. The highest BCUT2D eigenvalue weighted by Gasteiger charge is 2.17. The fraction of sp³-hybridized carbons (Fsp3) is 0.100. The van der Waals surface area contributed by atoms with Crippen molar-refractivity contribution in [3.05, 3.63) is 65.4 Å². The van der Waals surface area contributed by atoms with Crippen LogP contribution >= 0.6 is 11.3 Å². The second-order valence-corrected chi connectivity index (χ2v) is 6.94. The van der Waals surface area contributed by atoms with Crippen molar-refractivity contribution >= 4 is 39.7 Å². The molecule has 0 radical (unpaired) electrons. The van der Waals surface area contributed by atoms with Crippen molar-refractivity contribution in [1.82, 2.24) is 10.1 Å². The number of hydrogen-bond acceptors (Lipinski definition) is 7. The standard InChI is InChI=1S/C20H15N3O4S/c1-12(24)21-16-10-14-6-3-2-5-13(14)9-15(16)20(25)26-11-18-22-19(23-27-18)17-7-4-8-28-17/h2-10H,11H2,1H3,(H,21,24). The van der Waals surface area contributed by atoms with Crippen molar-refractivity contribution in [2.75, 3.05) is 5.32 Å². The van der Waals surface area contributed by atoms with Gasteiger partial charge < -0.3 is 14.6 Å². The molecule has 2 aromatic carbocycles. The van der Waals surface area contributed by atoms with E-state index in [-0.39, 0.29) is 24.0 Å². The average molecular weight is 393 g/mol. The summed E-state index contributed by atoms with van der Waals surface area (Å²) in [4.78, 5) is 29.3. The zero-order valence-corrected chi connectivity index (χ0v) is 15.7. The topological polar surface area (TPSA) is 94.3 Å². The highest BCUT2D eigenvalue weighted by Crippen LogP contribution is 2.26. The van der Waals surface area contributed by atoms with Crippen LogP contribution in [0.2, 0.25) is 0 Å². The third-order valence-corrected chi connectivity index (χ3v) is 4.82. The van der Waals surface area contributed by atoms with Crippen LogP contribution < -0.4 is 5.32 Å². The van der Waals surface area contributed by atoms with Gasteiger partial charge >= 0.3 is 5.97 Å². The van der Waals surface area contributed by atoms with Gasteiger partial charge in [-0.1, -0.05) is 35.5 Å². The van der Waals surface area contributed by atoms with Crippen molar-refractivity contribution in [1.29, 1.82) is 0 Å². The Bertz CT molecular complexity index is 1150. The van der Waals surface area contributed by atoms with E-state index in [1.54, 1.807) is 12.1 Å². The molecule has 0 aliphatic heterocycles. The second-order valence-electron chi connectivity index (χ2n) is 5.99. The van der Waals surface area contributed by atoms with Gasteiger partial charge in [-0.25, -0.2) is 4.79 Å². The second kappa shape index (κ2) is 7.61. The summed E-state index contributed by atoms with van der Waals surface area (Å²) in [6.07, 6.45) is 0. The molecule has 4 aromatic rings. The van der Waals surface area contributed by atoms with E-state index in [1.807, 2.05) is 41.8 Å². The molecule has 0 saturated carbocycles. The molecule has 8 heteroatoms. The molecule has 2 aromatic heterocycles. The van der Waals surface area contributed by atoms with Crippen LogP contribution in [0.25, 0.3) is 21.5 Å². The van der Waals surface area contributed by atoms with Crippen LogP contribution in [0, 0.1) is 0 Å². The van der Waals surface area contributed by atoms with Gasteiger partial charge in [-0.3, -0.25) is 4.79 Å². The Morgan fingerprint density at radius 1 is 1.14 bits per heavy atom. The van der Waals surface area contributed by atoms with Crippen molar-refractivity contribution in [2.24, 2.45) is 0 Å². The first-order valence-corrected chi connectivity index (χ1v) is 9.32. The summed E-state index contributed by atoms with van der Waals surface area (Å²) in [5, 5.41) is 10.2. The molecule has 0 aliphatic rings. The Hall–Kier alpha value is -3.52. The lowest BCUT2D eigenvalue weighted by molar-refractivity contribution is -0.114. The number of carbonyl (C=O) groups is 2. The SMILES string of the molecule is CC(=O)Nc1cc2ccccc2cc1C(=O)OCc1nc(-c2cccs2)no1. The zero-order valence-electron chi connectivity index (χ0n) is 14.8. The van der Waals surface area contributed by atoms with Crippen molar-refractivity contribution in [3.63, 3.8) is 0 Å². The van der Waals surface area contributed by atoms with E-state index < -0.39 is 5.97 Å². The maximum atomic E-state index is 12.6. The number of thiophene rings is 1. The molecule has 0 spiro atoms. The molecule has 0 unspecified atom stereocenters. The lowest BCUT2D eigenvalue weighted by Gasteiger charge is -2.11. The van der Waals surface area contributed by atoms with Gasteiger partial charge in [0.15, 0.2) is 6.61 Å². The Morgan fingerprint density at radius 2 is 1.93 bits per heavy atom. The summed E-state index contributed by atoms with van der Waals surface area (Å²) in [6.45, 7) is 1.22. The molecule has 1 amide bonds.